The Morgan fingerprint density at radius 2 is 2.32 bits per heavy atom. The fraction of sp³-hybridized carbons (Fsp3) is 0.600. The Kier molecular flexibility index (Phi) is 5.16. The van der Waals surface area contributed by atoms with Crippen LogP contribution >= 0.6 is 0 Å². The van der Waals surface area contributed by atoms with Crippen LogP contribution in [0.1, 0.15) is 25.3 Å². The van der Waals surface area contributed by atoms with Crippen LogP contribution in [0, 0.1) is 12.7 Å². The third-order valence-corrected chi connectivity index (χ3v) is 3.38. The smallest absolute Gasteiger partial charge is 0.137 e. The summed E-state index contributed by atoms with van der Waals surface area (Å²) in [7, 11) is 0. The van der Waals surface area contributed by atoms with Gasteiger partial charge in [0, 0.05) is 12.6 Å². The lowest BCUT2D eigenvalue weighted by atomic mass is 10.1. The third kappa shape index (κ3) is 3.91. The molecule has 1 fully saturated rings. The second kappa shape index (κ2) is 6.87. The highest BCUT2D eigenvalue weighted by Crippen LogP contribution is 2.22. The van der Waals surface area contributed by atoms with Crippen molar-refractivity contribution in [3.63, 3.8) is 0 Å². The van der Waals surface area contributed by atoms with Gasteiger partial charge in [-0.3, -0.25) is 0 Å². The number of benzene rings is 1. The number of halogens is 1. The largest absolute Gasteiger partial charge is 0.486 e. The van der Waals surface area contributed by atoms with Gasteiger partial charge in [-0.2, -0.15) is 0 Å². The second-order valence-corrected chi connectivity index (χ2v) is 4.99. The lowest BCUT2D eigenvalue weighted by Gasteiger charge is -2.33. The topological polar surface area (TPSA) is 30.5 Å². The highest BCUT2D eigenvalue weighted by molar-refractivity contribution is 5.32. The molecular formula is C15H22FNO2. The molecule has 1 aromatic rings. The van der Waals surface area contributed by atoms with Gasteiger partial charge >= 0.3 is 0 Å². The molecule has 1 aliphatic heterocycles. The number of nitrogens with one attached hydrogen (secondary N) is 1. The first-order valence-corrected chi connectivity index (χ1v) is 6.94. The summed E-state index contributed by atoms with van der Waals surface area (Å²) in [6, 6.07) is 4.92. The molecule has 4 heteroatoms. The molecule has 0 bridgehead atoms. The van der Waals surface area contributed by atoms with Crippen molar-refractivity contribution in [2.45, 2.75) is 38.8 Å². The number of hydrogen-bond acceptors (Lipinski definition) is 3. The van der Waals surface area contributed by atoms with Gasteiger partial charge in [-0.15, -0.1) is 0 Å². The Morgan fingerprint density at radius 3 is 3.05 bits per heavy atom. The molecule has 1 aromatic carbocycles. The summed E-state index contributed by atoms with van der Waals surface area (Å²) in [5.74, 6) is 0.505. The van der Waals surface area contributed by atoms with Crippen LogP contribution in [0.5, 0.6) is 5.75 Å². The number of aryl methyl sites for hydroxylation is 1. The van der Waals surface area contributed by atoms with Crippen molar-refractivity contribution in [3.8, 4) is 5.75 Å². The Labute approximate surface area is 114 Å². The predicted molar refractivity (Wildman–Crippen MR) is 73.1 cm³/mol. The monoisotopic (exact) mass is 267 g/mol. The molecule has 0 spiro atoms. The summed E-state index contributed by atoms with van der Waals surface area (Å²) in [6.45, 7) is 6.33. The van der Waals surface area contributed by atoms with Crippen molar-refractivity contribution in [1.29, 1.82) is 0 Å². The van der Waals surface area contributed by atoms with Gasteiger partial charge in [-0.1, -0.05) is 6.92 Å². The summed E-state index contributed by atoms with van der Waals surface area (Å²) >= 11 is 0. The zero-order valence-electron chi connectivity index (χ0n) is 11.6. The molecule has 2 atom stereocenters. The van der Waals surface area contributed by atoms with Gasteiger partial charge in [-0.05, 0) is 50.1 Å². The molecule has 0 radical (unpaired) electrons. The third-order valence-electron chi connectivity index (χ3n) is 3.38. The first-order chi connectivity index (χ1) is 9.20. The van der Waals surface area contributed by atoms with Gasteiger partial charge in [0.1, 0.15) is 17.7 Å². The molecule has 106 valence electrons. The highest BCUT2D eigenvalue weighted by Gasteiger charge is 2.27. The van der Waals surface area contributed by atoms with E-state index >= 15 is 0 Å². The van der Waals surface area contributed by atoms with Crippen LogP contribution in [0.15, 0.2) is 18.2 Å². The summed E-state index contributed by atoms with van der Waals surface area (Å²) in [5, 5.41) is 3.49. The SMILES string of the molecule is CCCNC1CCOCC1Oc1ccc(F)cc1C. The summed E-state index contributed by atoms with van der Waals surface area (Å²) in [4.78, 5) is 0. The number of ether oxygens (including phenoxy) is 2. The average molecular weight is 267 g/mol. The van der Waals surface area contributed by atoms with Gasteiger partial charge in [-0.25, -0.2) is 4.39 Å². The van der Waals surface area contributed by atoms with E-state index in [2.05, 4.69) is 12.2 Å². The van der Waals surface area contributed by atoms with E-state index in [-0.39, 0.29) is 11.9 Å². The van der Waals surface area contributed by atoms with Crippen molar-refractivity contribution in [2.24, 2.45) is 0 Å². The van der Waals surface area contributed by atoms with E-state index in [1.54, 1.807) is 6.07 Å². The quantitative estimate of drug-likeness (QED) is 0.889. The second-order valence-electron chi connectivity index (χ2n) is 4.99. The van der Waals surface area contributed by atoms with E-state index in [1.807, 2.05) is 6.92 Å². The van der Waals surface area contributed by atoms with E-state index < -0.39 is 0 Å². The maximum absolute atomic E-state index is 13.1. The van der Waals surface area contributed by atoms with Crippen LogP contribution < -0.4 is 10.1 Å². The molecule has 19 heavy (non-hydrogen) atoms. The molecule has 1 N–H and O–H groups in total. The van der Waals surface area contributed by atoms with E-state index in [0.29, 0.717) is 12.6 Å². The van der Waals surface area contributed by atoms with E-state index in [9.17, 15) is 4.39 Å². The lowest BCUT2D eigenvalue weighted by molar-refractivity contribution is -0.0149. The first-order valence-electron chi connectivity index (χ1n) is 6.94. The first kappa shape index (κ1) is 14.3. The van der Waals surface area contributed by atoms with Crippen molar-refractivity contribution < 1.29 is 13.9 Å². The molecule has 1 aliphatic rings. The van der Waals surface area contributed by atoms with Gasteiger partial charge in [0.05, 0.1) is 6.61 Å². The Hall–Kier alpha value is -1.13. The summed E-state index contributed by atoms with van der Waals surface area (Å²) in [6.07, 6.45) is 2.04. The Balaban J connectivity index is 2.02. The molecule has 1 heterocycles. The van der Waals surface area contributed by atoms with Gasteiger partial charge in [0.2, 0.25) is 0 Å². The highest BCUT2D eigenvalue weighted by atomic mass is 19.1. The fourth-order valence-corrected chi connectivity index (χ4v) is 2.30. The van der Waals surface area contributed by atoms with Gasteiger partial charge < -0.3 is 14.8 Å². The Morgan fingerprint density at radius 1 is 1.47 bits per heavy atom. The molecule has 0 amide bonds. The van der Waals surface area contributed by atoms with Crippen molar-refractivity contribution in [2.75, 3.05) is 19.8 Å². The molecule has 0 saturated carbocycles. The summed E-state index contributed by atoms with van der Waals surface area (Å²) in [5.41, 5.74) is 0.819. The fourth-order valence-electron chi connectivity index (χ4n) is 2.30. The van der Waals surface area contributed by atoms with Gasteiger partial charge in [0.15, 0.2) is 0 Å². The van der Waals surface area contributed by atoms with Gasteiger partial charge in [0.25, 0.3) is 0 Å². The lowest BCUT2D eigenvalue weighted by Crippen LogP contribution is -2.49. The molecule has 0 aromatic heterocycles. The molecule has 1 saturated heterocycles. The zero-order chi connectivity index (χ0) is 13.7. The molecule has 0 aliphatic carbocycles. The Bertz CT molecular complexity index is 411. The van der Waals surface area contributed by atoms with Crippen LogP contribution in [0.2, 0.25) is 0 Å². The van der Waals surface area contributed by atoms with Crippen LogP contribution in [0.3, 0.4) is 0 Å². The van der Waals surface area contributed by atoms with Crippen molar-refractivity contribution in [3.05, 3.63) is 29.6 Å². The summed E-state index contributed by atoms with van der Waals surface area (Å²) < 4.78 is 24.6. The van der Waals surface area contributed by atoms with E-state index in [1.165, 1.54) is 12.1 Å². The average Bonchev–Trinajstić information content (AvgIpc) is 2.41. The van der Waals surface area contributed by atoms with Crippen LogP contribution in [-0.2, 0) is 4.74 Å². The van der Waals surface area contributed by atoms with Crippen LogP contribution in [0.4, 0.5) is 4.39 Å². The predicted octanol–water partition coefficient (Wildman–Crippen LogP) is 2.67. The van der Waals surface area contributed by atoms with Crippen LogP contribution in [-0.4, -0.2) is 31.9 Å². The van der Waals surface area contributed by atoms with Crippen molar-refractivity contribution >= 4 is 0 Å². The molecule has 2 rings (SSSR count). The zero-order valence-corrected chi connectivity index (χ0v) is 11.6. The minimum atomic E-state index is -0.231. The standard InChI is InChI=1S/C15H22FNO2/c1-3-7-17-13-6-8-18-10-15(13)19-14-5-4-12(16)9-11(14)2/h4-5,9,13,15,17H,3,6-8,10H2,1-2H3. The molecule has 2 unspecified atom stereocenters. The van der Waals surface area contributed by atoms with Crippen LogP contribution in [0.25, 0.3) is 0 Å². The number of rotatable bonds is 5. The minimum Gasteiger partial charge on any atom is -0.486 e. The normalized spacial score (nSPS) is 23.3. The molecular weight excluding hydrogens is 245 g/mol. The number of hydrogen-bond donors (Lipinski definition) is 1. The minimum absolute atomic E-state index is 0.00976. The van der Waals surface area contributed by atoms with E-state index in [4.69, 9.17) is 9.47 Å². The van der Waals surface area contributed by atoms with E-state index in [0.717, 1.165) is 37.3 Å². The maximum Gasteiger partial charge on any atom is 0.137 e. The van der Waals surface area contributed by atoms with Crippen molar-refractivity contribution in [1.82, 2.24) is 5.32 Å². The maximum atomic E-state index is 13.1. The molecule has 3 nitrogen and oxygen atoms in total.